The van der Waals surface area contributed by atoms with E-state index in [1.807, 2.05) is 24.4 Å². The van der Waals surface area contributed by atoms with E-state index in [0.29, 0.717) is 5.92 Å². The number of hydrogen-bond acceptors (Lipinski definition) is 3. The van der Waals surface area contributed by atoms with Crippen LogP contribution in [0.2, 0.25) is 19.6 Å². The minimum Gasteiger partial charge on any atom is -0.500 e. The van der Waals surface area contributed by atoms with Crippen molar-refractivity contribution in [1.82, 2.24) is 9.97 Å². The third-order valence-corrected chi connectivity index (χ3v) is 11.3. The average Bonchev–Trinajstić information content (AvgIpc) is 3.42. The first-order valence-electron chi connectivity index (χ1n) is 16.8. The third kappa shape index (κ3) is 7.70. The Morgan fingerprint density at radius 2 is 1.43 bits per heavy atom. The first-order valence-corrected chi connectivity index (χ1v) is 20.3. The number of aromatic nitrogens is 2. The topological polar surface area (TPSA) is 38.9 Å². The van der Waals surface area contributed by atoms with Crippen LogP contribution in [0.4, 0.5) is 0 Å². The first kappa shape index (κ1) is 36.1. The summed E-state index contributed by atoms with van der Waals surface area (Å²) in [6.07, 6.45) is 3.95. The van der Waals surface area contributed by atoms with Crippen LogP contribution in [0.25, 0.3) is 55.6 Å². The van der Waals surface area contributed by atoms with Gasteiger partial charge in [0.05, 0.1) is 13.7 Å². The van der Waals surface area contributed by atoms with Crippen molar-refractivity contribution in [3.05, 3.63) is 137 Å². The Balaban J connectivity index is 0.000000212. The molecule has 0 N–H and O–H groups in total. The van der Waals surface area contributed by atoms with Crippen LogP contribution in [0.3, 0.4) is 0 Å². The van der Waals surface area contributed by atoms with E-state index in [1.54, 1.807) is 0 Å². The van der Waals surface area contributed by atoms with E-state index in [4.69, 9.17) is 4.42 Å². The van der Waals surface area contributed by atoms with E-state index in [2.05, 4.69) is 156 Å². The molecule has 0 aliphatic carbocycles. The Hall–Kier alpha value is -4.15. The van der Waals surface area contributed by atoms with Crippen molar-refractivity contribution in [3.63, 3.8) is 0 Å². The molecule has 251 valence electrons. The van der Waals surface area contributed by atoms with Crippen molar-refractivity contribution in [1.29, 1.82) is 0 Å². The van der Waals surface area contributed by atoms with Crippen molar-refractivity contribution in [2.75, 3.05) is 0 Å². The van der Waals surface area contributed by atoms with Gasteiger partial charge in [0.1, 0.15) is 5.58 Å². The minimum absolute atomic E-state index is 0. The Kier molecular flexibility index (Phi) is 10.9. The van der Waals surface area contributed by atoms with Crippen molar-refractivity contribution in [2.24, 2.45) is 0 Å². The summed E-state index contributed by atoms with van der Waals surface area (Å²) in [6, 6.07) is 36.2. The van der Waals surface area contributed by atoms with E-state index in [-0.39, 0.29) is 20.1 Å². The first-order chi connectivity index (χ1) is 22.9. The van der Waals surface area contributed by atoms with E-state index in [0.717, 1.165) is 44.5 Å². The zero-order valence-electron chi connectivity index (χ0n) is 30.0. The van der Waals surface area contributed by atoms with Gasteiger partial charge in [-0.15, -0.1) is 59.2 Å². The van der Waals surface area contributed by atoms with Crippen LogP contribution in [0.5, 0.6) is 0 Å². The van der Waals surface area contributed by atoms with Crippen LogP contribution in [-0.4, -0.2) is 18.0 Å². The molecular formula is C44H44IrN2OSi-2. The van der Waals surface area contributed by atoms with Gasteiger partial charge in [-0.1, -0.05) is 99.4 Å². The molecule has 0 fully saturated rings. The smallest absolute Gasteiger partial charge is 0.121 e. The Morgan fingerprint density at radius 3 is 2.10 bits per heavy atom. The standard InChI is InChI=1S/C28H24NO.C16H20NSi.Ir/c1-17(2)20-12-13-29-25(15-20)21-9-11-26-24(14-21)23-10-8-22(16-27(23)30-26)28-18(3)6-5-7-19(28)4;1-12-8-6-7-9-14(12)15-10-13(2)16(11-17-15)18(3,4)5;/h5-8,10-17H,1-4H3;6-8,10-11H,1-5H3;/q2*-1;. The Labute approximate surface area is 306 Å². The summed E-state index contributed by atoms with van der Waals surface area (Å²) in [5.74, 6) is 0.466. The van der Waals surface area contributed by atoms with Gasteiger partial charge in [-0.05, 0) is 77.7 Å². The molecule has 1 radical (unpaired) electrons. The predicted molar refractivity (Wildman–Crippen MR) is 206 cm³/mol. The summed E-state index contributed by atoms with van der Waals surface area (Å²) in [4.78, 5) is 9.22. The maximum atomic E-state index is 6.20. The molecule has 7 rings (SSSR count). The number of hydrogen-bond donors (Lipinski definition) is 0. The molecule has 7 aromatic rings. The molecule has 0 bridgehead atoms. The molecule has 0 spiro atoms. The Morgan fingerprint density at radius 1 is 0.694 bits per heavy atom. The number of rotatable bonds is 5. The predicted octanol–water partition coefficient (Wildman–Crippen LogP) is 11.6. The van der Waals surface area contributed by atoms with E-state index in [9.17, 15) is 0 Å². The second kappa shape index (κ2) is 14.8. The van der Waals surface area contributed by atoms with Gasteiger partial charge < -0.3 is 14.4 Å². The largest absolute Gasteiger partial charge is 0.500 e. The molecule has 3 nitrogen and oxygen atoms in total. The van der Waals surface area contributed by atoms with Gasteiger partial charge in [-0.25, -0.2) is 0 Å². The Bertz CT molecular complexity index is 2240. The number of aryl methyl sites for hydroxylation is 4. The second-order valence-corrected chi connectivity index (χ2v) is 19.2. The van der Waals surface area contributed by atoms with Gasteiger partial charge in [-0.2, -0.15) is 0 Å². The quantitative estimate of drug-likeness (QED) is 0.128. The maximum Gasteiger partial charge on any atom is 0.121 e. The van der Waals surface area contributed by atoms with E-state index >= 15 is 0 Å². The fourth-order valence-electron chi connectivity index (χ4n) is 6.52. The summed E-state index contributed by atoms with van der Waals surface area (Å²) in [5, 5.41) is 3.67. The van der Waals surface area contributed by atoms with Crippen molar-refractivity contribution < 1.29 is 24.5 Å². The molecule has 3 heterocycles. The molecule has 49 heavy (non-hydrogen) atoms. The van der Waals surface area contributed by atoms with Crippen molar-refractivity contribution in [2.45, 2.75) is 67.1 Å². The molecule has 0 saturated carbocycles. The zero-order valence-corrected chi connectivity index (χ0v) is 33.3. The number of fused-ring (bicyclic) bond motifs is 3. The third-order valence-electron chi connectivity index (χ3n) is 9.14. The molecule has 4 aromatic carbocycles. The van der Waals surface area contributed by atoms with Gasteiger partial charge in [-0.3, -0.25) is 0 Å². The normalized spacial score (nSPS) is 11.4. The summed E-state index contributed by atoms with van der Waals surface area (Å²) in [5.41, 5.74) is 14.7. The second-order valence-electron chi connectivity index (χ2n) is 14.2. The summed E-state index contributed by atoms with van der Waals surface area (Å²) >= 11 is 0. The number of pyridine rings is 2. The molecule has 0 atom stereocenters. The van der Waals surface area contributed by atoms with Crippen molar-refractivity contribution in [3.8, 4) is 33.6 Å². The molecular weight excluding hydrogens is 793 g/mol. The van der Waals surface area contributed by atoms with Crippen LogP contribution >= 0.6 is 0 Å². The molecule has 0 saturated heterocycles. The van der Waals surface area contributed by atoms with Gasteiger partial charge in [0.15, 0.2) is 0 Å². The van der Waals surface area contributed by atoms with Crippen LogP contribution in [0, 0.1) is 39.8 Å². The van der Waals surface area contributed by atoms with Gasteiger partial charge >= 0.3 is 0 Å². The van der Waals surface area contributed by atoms with Gasteiger partial charge in [0, 0.05) is 37.9 Å². The van der Waals surface area contributed by atoms with Crippen LogP contribution in [0.1, 0.15) is 47.6 Å². The SMILES string of the molecule is Cc1ccc[c-]c1-c1cc(C)c([Si](C)(C)C)cn1.Cc1cccc(C)c1-c1ccc2c(c1)oc1c[c-]c(-c3cc(C(C)C)ccn3)cc12.[Ir]. The van der Waals surface area contributed by atoms with Gasteiger partial charge in [0.25, 0.3) is 0 Å². The molecule has 5 heteroatoms. The number of furan rings is 1. The van der Waals surface area contributed by atoms with Crippen molar-refractivity contribution >= 4 is 35.2 Å². The fraction of sp³-hybridized carbons (Fsp3) is 0.227. The fourth-order valence-corrected chi connectivity index (χ4v) is 8.23. The molecule has 3 aromatic heterocycles. The summed E-state index contributed by atoms with van der Waals surface area (Å²) in [7, 11) is -1.29. The molecule has 0 aliphatic heterocycles. The van der Waals surface area contributed by atoms with E-state index < -0.39 is 8.07 Å². The van der Waals surface area contributed by atoms with Crippen LogP contribution < -0.4 is 5.19 Å². The summed E-state index contributed by atoms with van der Waals surface area (Å²) < 4.78 is 6.20. The van der Waals surface area contributed by atoms with Crippen LogP contribution in [-0.2, 0) is 20.1 Å². The van der Waals surface area contributed by atoms with Gasteiger partial charge in [0.2, 0.25) is 0 Å². The number of benzene rings is 4. The molecule has 0 aliphatic rings. The monoisotopic (exact) mass is 837 g/mol. The summed E-state index contributed by atoms with van der Waals surface area (Å²) in [6.45, 7) is 20.1. The zero-order chi connectivity index (χ0) is 34.2. The maximum absolute atomic E-state index is 6.20. The number of nitrogens with zero attached hydrogens (tertiary/aromatic N) is 2. The molecule has 0 unspecified atom stereocenters. The van der Waals surface area contributed by atoms with E-state index in [1.165, 1.54) is 44.1 Å². The van der Waals surface area contributed by atoms with Crippen LogP contribution in [0.15, 0.2) is 102 Å². The molecule has 0 amide bonds. The minimum atomic E-state index is -1.29. The average molecular weight is 837 g/mol.